The van der Waals surface area contributed by atoms with Gasteiger partial charge in [0.05, 0.1) is 84.4 Å². The minimum atomic E-state index is -1.15. The molecule has 6 aromatic heterocycles. The minimum Gasteiger partial charge on any atom is -0.495 e. The number of hydrogen-bond donors (Lipinski definition) is 13. The van der Waals surface area contributed by atoms with Crippen LogP contribution in [-0.2, 0) is 30.7 Å². The smallest absolute Gasteiger partial charge is 0.335 e. The Morgan fingerprint density at radius 2 is 0.844 bits per heavy atom. The number of amides is 6. The van der Waals surface area contributed by atoms with E-state index in [0.717, 1.165) is 56.7 Å². The number of carbonyl (C=O) groups is 7. The van der Waals surface area contributed by atoms with Crippen LogP contribution in [0.1, 0.15) is 118 Å². The largest absolute Gasteiger partial charge is 0.495 e. The first-order valence-corrected chi connectivity index (χ1v) is 38.4. The second kappa shape index (κ2) is 44.5. The van der Waals surface area contributed by atoms with E-state index in [4.69, 9.17) is 75.1 Å². The zero-order valence-electron chi connectivity index (χ0n) is 68.2. The van der Waals surface area contributed by atoms with Gasteiger partial charge in [-0.05, 0) is 131 Å². The third kappa shape index (κ3) is 25.6. The summed E-state index contributed by atoms with van der Waals surface area (Å²) in [5.41, 5.74) is 15.0. The van der Waals surface area contributed by atoms with Gasteiger partial charge in [-0.1, -0.05) is 48.7 Å². The van der Waals surface area contributed by atoms with Crippen LogP contribution in [-0.4, -0.2) is 162 Å². The van der Waals surface area contributed by atoms with Gasteiger partial charge in [0.1, 0.15) is 49.5 Å². The molecule has 648 valence electrons. The Hall–Kier alpha value is -14.3. The van der Waals surface area contributed by atoms with Gasteiger partial charge < -0.3 is 77.5 Å². The van der Waals surface area contributed by atoms with E-state index in [2.05, 4.69) is 67.5 Å². The number of nitrogens with zero attached hydrogens (tertiary/aromatic N) is 8. The molecule has 13 rings (SSSR count). The molecule has 11 aromatic rings. The molecular weight excluding hydrogens is 1660 g/mol. The van der Waals surface area contributed by atoms with Gasteiger partial charge in [-0.25, -0.2) is 19.7 Å². The molecule has 15 N–H and O–H groups in total. The number of nitrogens with one attached hydrogen (secondary N) is 10. The van der Waals surface area contributed by atoms with Gasteiger partial charge in [-0.3, -0.25) is 92.7 Å². The van der Waals surface area contributed by atoms with Crippen LogP contribution in [0.2, 0.25) is 15.3 Å². The number of methoxy groups -OCH3 is 5. The van der Waals surface area contributed by atoms with Crippen molar-refractivity contribution in [2.45, 2.75) is 66.2 Å². The van der Waals surface area contributed by atoms with Crippen LogP contribution in [0.4, 0.5) is 45.6 Å². The lowest BCUT2D eigenvalue weighted by Gasteiger charge is -2.14. The van der Waals surface area contributed by atoms with Crippen molar-refractivity contribution < 1.29 is 72.2 Å². The highest BCUT2D eigenvalue weighted by atomic mass is 35.5. The quantitative estimate of drug-likeness (QED) is 0.0109. The molecule has 0 bridgehead atoms. The zero-order chi connectivity index (χ0) is 89.9. The van der Waals surface area contributed by atoms with Crippen LogP contribution in [0.15, 0.2) is 124 Å². The number of ether oxygens (including phenoxy) is 5. The number of aryl methyl sites for hydroxylation is 3. The molecular formula is C79H91Cl3N20O20. The van der Waals surface area contributed by atoms with Crippen LogP contribution in [0, 0.1) is 32.1 Å². The van der Waals surface area contributed by atoms with Crippen LogP contribution >= 0.6 is 34.8 Å². The average Bonchev–Trinajstić information content (AvgIpc) is 1.63. The summed E-state index contributed by atoms with van der Waals surface area (Å²) in [6, 6.07) is 27.0. The zero-order valence-corrected chi connectivity index (χ0v) is 70.5. The maximum atomic E-state index is 12.6. The predicted octanol–water partition coefficient (Wildman–Crippen LogP) is 10.4. The molecule has 6 heterocycles. The molecule has 2 fully saturated rings. The summed E-state index contributed by atoms with van der Waals surface area (Å²) in [6.07, 6.45) is 5.53. The van der Waals surface area contributed by atoms with Gasteiger partial charge in [-0.15, -0.1) is 0 Å². The summed E-state index contributed by atoms with van der Waals surface area (Å²) in [4.78, 5) is 149. The van der Waals surface area contributed by atoms with Gasteiger partial charge in [0, 0.05) is 112 Å². The number of nitro benzene ring substituents is 2. The number of nitrogen functional groups attached to an aromatic ring is 1. The van der Waals surface area contributed by atoms with Crippen molar-refractivity contribution in [3.63, 3.8) is 0 Å². The first kappa shape index (κ1) is 94.9. The number of benzene rings is 5. The second-order valence-electron chi connectivity index (χ2n) is 26.4. The molecule has 2 saturated carbocycles. The number of hydrogen-bond acceptors (Lipinski definition) is 25. The number of anilines is 6. The van der Waals surface area contributed by atoms with Gasteiger partial charge in [-0.2, -0.15) is 0 Å². The van der Waals surface area contributed by atoms with E-state index in [-0.39, 0.29) is 103 Å². The molecule has 2 aliphatic rings. The predicted molar refractivity (Wildman–Crippen MR) is 460 cm³/mol. The molecule has 6 amide bonds. The number of aromatic nitrogens is 9. The van der Waals surface area contributed by atoms with Crippen molar-refractivity contribution in [2.75, 3.05) is 83.4 Å². The Labute approximate surface area is 709 Å². The fourth-order valence-corrected chi connectivity index (χ4v) is 11.6. The third-order valence-corrected chi connectivity index (χ3v) is 18.2. The van der Waals surface area contributed by atoms with E-state index < -0.39 is 15.8 Å². The van der Waals surface area contributed by atoms with Crippen LogP contribution in [0.5, 0.6) is 28.7 Å². The van der Waals surface area contributed by atoms with E-state index >= 15 is 0 Å². The number of H-pyrrole nitrogens is 3. The van der Waals surface area contributed by atoms with Crippen molar-refractivity contribution in [1.29, 1.82) is 0 Å². The van der Waals surface area contributed by atoms with E-state index in [1.54, 1.807) is 87.9 Å². The normalized spacial score (nSPS) is 11.5. The molecule has 0 radical (unpaired) electrons. The number of carboxylic acids is 1. The summed E-state index contributed by atoms with van der Waals surface area (Å²) in [5.74, 6) is -0.0832. The fourth-order valence-electron chi connectivity index (χ4n) is 10.9. The highest BCUT2D eigenvalue weighted by Gasteiger charge is 2.31. The first-order chi connectivity index (χ1) is 58.1. The van der Waals surface area contributed by atoms with Crippen molar-refractivity contribution in [2.24, 2.45) is 38.7 Å². The SMILES string of the molecule is CCCNC(=O)c1ccc(N)c(OC)c1.CCCNC(=O)c1ccc([N+](=O)[O-])c(OC)c1.CCNC(=O)c1ccc(Nc2cc(Cl)nc3[nH]n(C)c(=O)c23)c(OC)c1.CCNC(=O)c1ccc(Nc2cc(NC(=O)C3CC3)nc3[nH]n(C)c(=O)c23)c(OC)c1.COc1cc(C(=O)O)ccc1[N+](=O)[O-].Cn1[nH]c2nc(Cl)cc(Cl)c2c1=O.NC(=O)C1CC1. The number of carboxylic acid groups (broad SMARTS) is 1. The summed E-state index contributed by atoms with van der Waals surface area (Å²) >= 11 is 17.5. The first-order valence-electron chi connectivity index (χ1n) is 37.3. The molecule has 0 aliphatic heterocycles. The van der Waals surface area contributed by atoms with Gasteiger partial charge in [0.15, 0.2) is 28.4 Å². The van der Waals surface area contributed by atoms with E-state index in [9.17, 15) is 68.2 Å². The number of fused-ring (bicyclic) bond motifs is 3. The lowest BCUT2D eigenvalue weighted by molar-refractivity contribution is -0.385. The van der Waals surface area contributed by atoms with Gasteiger partial charge in [0.2, 0.25) is 11.8 Å². The lowest BCUT2D eigenvalue weighted by Crippen LogP contribution is -2.23. The third-order valence-electron chi connectivity index (χ3n) is 17.5. The molecule has 0 unspecified atom stereocenters. The molecule has 43 heteroatoms. The lowest BCUT2D eigenvalue weighted by atomic mass is 10.1. The molecule has 2 aliphatic carbocycles. The Morgan fingerprint density at radius 1 is 0.484 bits per heavy atom. The fraction of sp³-hybridized carbons (Fsp3) is 0.304. The van der Waals surface area contributed by atoms with E-state index in [1.807, 2.05) is 27.7 Å². The number of halogens is 3. The molecule has 40 nitrogen and oxygen atoms in total. The summed E-state index contributed by atoms with van der Waals surface area (Å²) in [5, 5.41) is 60.2. The minimum absolute atomic E-state index is 0.0191. The number of aromatic carboxylic acids is 1. The number of nitrogens with two attached hydrogens (primary N) is 2. The number of primary amides is 1. The Kier molecular flexibility index (Phi) is 34.6. The van der Waals surface area contributed by atoms with Crippen LogP contribution in [0.3, 0.4) is 0 Å². The van der Waals surface area contributed by atoms with Crippen molar-refractivity contribution in [3.8, 4) is 28.7 Å². The second-order valence-corrected chi connectivity index (χ2v) is 27.6. The monoisotopic (exact) mass is 1740 g/mol. The number of pyridine rings is 3. The number of carbonyl (C=O) groups excluding carboxylic acids is 6. The highest BCUT2D eigenvalue weighted by Crippen LogP contribution is 2.37. The molecule has 0 spiro atoms. The Morgan fingerprint density at radius 3 is 1.24 bits per heavy atom. The molecule has 0 saturated heterocycles. The Balaban J connectivity index is 0.000000204. The average molecular weight is 1750 g/mol. The number of nitro groups is 2. The van der Waals surface area contributed by atoms with Crippen molar-refractivity contribution in [3.05, 3.63) is 204 Å². The van der Waals surface area contributed by atoms with E-state index in [1.165, 1.54) is 73.9 Å². The van der Waals surface area contributed by atoms with Gasteiger partial charge in [0.25, 0.3) is 40.3 Å². The van der Waals surface area contributed by atoms with Crippen LogP contribution in [0.25, 0.3) is 33.1 Å². The maximum absolute atomic E-state index is 12.6. The van der Waals surface area contributed by atoms with E-state index in [0.29, 0.717) is 138 Å². The standard InChI is InChI=1S/C21H24N6O4.C17H18ClN5O3.C11H14N2O4.C11H16N2O2.C8H7NO5.C7H5Cl2N3O.C4H7NO/c1-4-22-19(28)12-7-8-13(15(9-12)31-3)23-14-10-16(25-20(29)11-5-6-11)24-18-17(14)21(30)27(2)26-18;1-4-19-16(24)9-5-6-10(12(7-9)26-3)20-11-8-13(18)21-15-14(11)17(25)23(2)22-15;1-3-6-12-11(14)8-4-5-9(13(15)16)10(7-8)17-2;1-3-6-13-11(14)8-4-5-9(12)10(7-8)15-2;1-14-7-4-5(8(10)11)2-3-6(7)9(12)13;1-12-7(13)5-3(8)2-4(9)10-6(5)11-12;5-4(6)3-1-2-3/h7-11H,4-6H2,1-3H3,(H,22,28)(H3,23,24,25,26,29);5-8H,4H2,1-3H3,(H,19,24)(H2,20,21,22);4-5,7H,3,6H2,1-2H3,(H,12,14);4-5,7H,3,6,12H2,1-2H3,(H,13,14);2-4H,1H3,(H,10,11);2H,1H3,(H,10,11);3H,1-2H2,(H2,5,6). The summed E-state index contributed by atoms with van der Waals surface area (Å²) in [7, 11) is 11.9. The number of rotatable bonds is 25. The van der Waals surface area contributed by atoms with Crippen LogP contribution < -0.4 is 89.0 Å². The topological polar surface area (TPSA) is 560 Å². The summed E-state index contributed by atoms with van der Waals surface area (Å²) in [6.45, 7) is 9.93. The highest BCUT2D eigenvalue weighted by molar-refractivity contribution is 6.37. The maximum Gasteiger partial charge on any atom is 0.335 e. The summed E-state index contributed by atoms with van der Waals surface area (Å²) < 4.78 is 29.4. The molecule has 0 atom stereocenters. The number of aromatic amines is 3. The van der Waals surface area contributed by atoms with Crippen molar-refractivity contribution >= 4 is 155 Å². The molecule has 122 heavy (non-hydrogen) atoms. The Bertz CT molecular complexity index is 5880. The van der Waals surface area contributed by atoms with Crippen molar-refractivity contribution in [1.82, 2.24) is 65.6 Å². The van der Waals surface area contributed by atoms with Gasteiger partial charge >= 0.3 is 17.3 Å². The molecule has 5 aromatic carbocycles.